The van der Waals surface area contributed by atoms with E-state index >= 15 is 0 Å². The van der Waals surface area contributed by atoms with Crippen molar-refractivity contribution in [3.8, 4) is 0 Å². The summed E-state index contributed by atoms with van der Waals surface area (Å²) in [6, 6.07) is 0.601. The molecule has 0 aliphatic rings. The van der Waals surface area contributed by atoms with E-state index in [-0.39, 0.29) is 6.07 Å². The van der Waals surface area contributed by atoms with E-state index in [1.807, 2.05) is 10.6 Å². The van der Waals surface area contributed by atoms with E-state index in [0.717, 1.165) is 6.92 Å². The summed E-state index contributed by atoms with van der Waals surface area (Å²) < 4.78 is 76.2. The van der Waals surface area contributed by atoms with Crippen LogP contribution in [0.15, 0.2) is 18.2 Å². The Morgan fingerprint density at radius 2 is 1.27 bits per heavy atom. The van der Waals surface area contributed by atoms with Crippen LogP contribution >= 0.6 is 0 Å². The van der Waals surface area contributed by atoms with E-state index in [9.17, 15) is 40.7 Å². The maximum atomic E-state index is 12.7. The van der Waals surface area contributed by atoms with Crippen molar-refractivity contribution in [1.82, 2.24) is 10.6 Å². The summed E-state index contributed by atoms with van der Waals surface area (Å²) in [5, 5.41) is 6.02. The van der Waals surface area contributed by atoms with Crippen molar-refractivity contribution >= 4 is 23.4 Å². The van der Waals surface area contributed by atoms with Gasteiger partial charge in [0.2, 0.25) is 17.7 Å². The number of hydrogen-bond donors (Lipinski definition) is 3. The van der Waals surface area contributed by atoms with Gasteiger partial charge in [-0.3, -0.25) is 14.4 Å². The van der Waals surface area contributed by atoms with Gasteiger partial charge in [0.05, 0.1) is 24.2 Å². The number of carbonyl (C=O) groups is 3. The van der Waals surface area contributed by atoms with Crippen molar-refractivity contribution < 1.29 is 40.7 Å². The Kier molecular flexibility index (Phi) is 6.59. The zero-order valence-corrected chi connectivity index (χ0v) is 13.1. The number of carbonyl (C=O) groups excluding carboxylic acids is 3. The van der Waals surface area contributed by atoms with Gasteiger partial charge in [-0.2, -0.15) is 26.3 Å². The summed E-state index contributed by atoms with van der Waals surface area (Å²) >= 11 is 0. The van der Waals surface area contributed by atoms with Crippen molar-refractivity contribution in [1.29, 1.82) is 0 Å². The summed E-state index contributed by atoms with van der Waals surface area (Å²) in [6.45, 7) is -0.00767. The number of hydrogen-bond acceptors (Lipinski definition) is 3. The van der Waals surface area contributed by atoms with Gasteiger partial charge in [0.1, 0.15) is 0 Å². The highest BCUT2D eigenvalue weighted by atomic mass is 19.4. The van der Waals surface area contributed by atoms with Crippen molar-refractivity contribution in [2.45, 2.75) is 19.3 Å². The normalized spacial score (nSPS) is 11.7. The Balaban J connectivity index is 2.83. The molecule has 0 spiro atoms. The van der Waals surface area contributed by atoms with Crippen LogP contribution in [0.25, 0.3) is 0 Å². The average Bonchev–Trinajstić information content (AvgIpc) is 2.48. The minimum Gasteiger partial charge on any atom is -0.347 e. The van der Waals surface area contributed by atoms with Crippen molar-refractivity contribution in [3.63, 3.8) is 0 Å². The van der Waals surface area contributed by atoms with Gasteiger partial charge >= 0.3 is 12.4 Å². The summed E-state index contributed by atoms with van der Waals surface area (Å²) in [4.78, 5) is 33.5. The van der Waals surface area contributed by atoms with Gasteiger partial charge in [-0.05, 0) is 18.2 Å². The fourth-order valence-electron chi connectivity index (χ4n) is 1.68. The number of rotatable bonds is 5. The van der Waals surface area contributed by atoms with E-state index < -0.39 is 60.0 Å². The van der Waals surface area contributed by atoms with Crippen LogP contribution in [-0.4, -0.2) is 30.8 Å². The molecular weight excluding hydrogens is 372 g/mol. The minimum atomic E-state index is -5.05. The van der Waals surface area contributed by atoms with Crippen LogP contribution < -0.4 is 16.0 Å². The molecule has 144 valence electrons. The molecule has 6 nitrogen and oxygen atoms in total. The predicted octanol–water partition coefficient (Wildman–Crippen LogP) is 1.92. The van der Waals surface area contributed by atoms with Gasteiger partial charge < -0.3 is 16.0 Å². The number of anilines is 1. The van der Waals surface area contributed by atoms with E-state index in [2.05, 4.69) is 5.32 Å². The third-order valence-electron chi connectivity index (χ3n) is 2.82. The first-order chi connectivity index (χ1) is 11.8. The highest BCUT2D eigenvalue weighted by molar-refractivity contribution is 5.95. The summed E-state index contributed by atoms with van der Waals surface area (Å²) in [5.41, 5.74) is -3.90. The molecule has 12 heteroatoms. The molecule has 3 N–H and O–H groups in total. The van der Waals surface area contributed by atoms with Gasteiger partial charge in [0, 0.05) is 12.6 Å². The average molecular weight is 385 g/mol. The summed E-state index contributed by atoms with van der Waals surface area (Å²) in [7, 11) is 0. The molecule has 1 rings (SSSR count). The van der Waals surface area contributed by atoms with Gasteiger partial charge in [0.25, 0.3) is 0 Å². The first-order valence-corrected chi connectivity index (χ1v) is 6.89. The van der Waals surface area contributed by atoms with Crippen molar-refractivity contribution in [2.24, 2.45) is 0 Å². The van der Waals surface area contributed by atoms with Crippen molar-refractivity contribution in [2.75, 3.05) is 18.4 Å². The fraction of sp³-hybridized carbons (Fsp3) is 0.357. The zero-order chi connectivity index (χ0) is 20.1. The van der Waals surface area contributed by atoms with Gasteiger partial charge in [-0.15, -0.1) is 0 Å². The van der Waals surface area contributed by atoms with E-state index in [0.29, 0.717) is 12.1 Å². The SMILES string of the molecule is CC(=O)NCC(=O)NCC(=O)Nc1cc(C(F)(F)F)cc(C(F)(F)F)c1. The molecule has 0 fully saturated rings. The van der Waals surface area contributed by atoms with Crippen LogP contribution in [0.4, 0.5) is 32.0 Å². The second-order valence-corrected chi connectivity index (χ2v) is 5.03. The topological polar surface area (TPSA) is 87.3 Å². The molecule has 0 aromatic heterocycles. The van der Waals surface area contributed by atoms with Crippen LogP contribution in [0, 0.1) is 0 Å². The van der Waals surface area contributed by atoms with Crippen LogP contribution in [-0.2, 0) is 26.7 Å². The lowest BCUT2D eigenvalue weighted by Gasteiger charge is -2.15. The molecule has 0 radical (unpaired) electrons. The molecule has 0 saturated carbocycles. The van der Waals surface area contributed by atoms with E-state index in [1.165, 1.54) is 0 Å². The number of nitrogens with one attached hydrogen (secondary N) is 3. The van der Waals surface area contributed by atoms with Gasteiger partial charge in [-0.25, -0.2) is 0 Å². The Labute approximate surface area is 142 Å². The smallest absolute Gasteiger partial charge is 0.347 e. The third-order valence-corrected chi connectivity index (χ3v) is 2.82. The lowest BCUT2D eigenvalue weighted by Crippen LogP contribution is -2.39. The lowest BCUT2D eigenvalue weighted by atomic mass is 10.1. The molecule has 26 heavy (non-hydrogen) atoms. The Morgan fingerprint density at radius 1 is 0.808 bits per heavy atom. The molecular formula is C14H13F6N3O3. The van der Waals surface area contributed by atoms with Crippen LogP contribution in [0.2, 0.25) is 0 Å². The number of amides is 3. The highest BCUT2D eigenvalue weighted by Crippen LogP contribution is 2.37. The molecule has 0 heterocycles. The second-order valence-electron chi connectivity index (χ2n) is 5.03. The summed E-state index contributed by atoms with van der Waals surface area (Å²) in [6.07, 6.45) is -10.1. The zero-order valence-electron chi connectivity index (χ0n) is 13.1. The molecule has 0 unspecified atom stereocenters. The number of halogens is 6. The second kappa shape index (κ2) is 8.06. The quantitative estimate of drug-likeness (QED) is 0.677. The standard InChI is InChI=1S/C14H13F6N3O3/c1-7(24)21-5-11(25)22-6-12(26)23-10-3-8(13(15,16)17)2-9(4-10)14(18,19)20/h2-4H,5-6H2,1H3,(H,21,24)(H,22,25)(H,23,26). The predicted molar refractivity (Wildman–Crippen MR) is 76.8 cm³/mol. The molecule has 0 saturated heterocycles. The van der Waals surface area contributed by atoms with Crippen LogP contribution in [0.5, 0.6) is 0 Å². The van der Waals surface area contributed by atoms with E-state index in [4.69, 9.17) is 0 Å². The molecule has 0 aliphatic heterocycles. The maximum absolute atomic E-state index is 12.7. The van der Waals surface area contributed by atoms with Crippen LogP contribution in [0.1, 0.15) is 18.1 Å². The van der Waals surface area contributed by atoms with Crippen LogP contribution in [0.3, 0.4) is 0 Å². The maximum Gasteiger partial charge on any atom is 0.416 e. The molecule has 1 aromatic carbocycles. The first kappa shape index (κ1) is 21.3. The monoisotopic (exact) mass is 385 g/mol. The lowest BCUT2D eigenvalue weighted by molar-refractivity contribution is -0.143. The highest BCUT2D eigenvalue weighted by Gasteiger charge is 2.37. The minimum absolute atomic E-state index is 0.0785. The number of benzene rings is 1. The molecule has 0 aliphatic carbocycles. The van der Waals surface area contributed by atoms with E-state index in [1.54, 1.807) is 0 Å². The Morgan fingerprint density at radius 3 is 1.69 bits per heavy atom. The largest absolute Gasteiger partial charge is 0.416 e. The summed E-state index contributed by atoms with van der Waals surface area (Å²) in [5.74, 6) is -2.32. The Bertz CT molecular complexity index is 668. The Hall–Kier alpha value is -2.79. The number of alkyl halides is 6. The fourth-order valence-corrected chi connectivity index (χ4v) is 1.68. The first-order valence-electron chi connectivity index (χ1n) is 6.89. The van der Waals surface area contributed by atoms with Crippen molar-refractivity contribution in [3.05, 3.63) is 29.3 Å². The molecule has 0 bridgehead atoms. The molecule has 3 amide bonds. The van der Waals surface area contributed by atoms with Gasteiger partial charge in [-0.1, -0.05) is 0 Å². The third kappa shape index (κ3) is 6.99. The molecule has 0 atom stereocenters. The van der Waals surface area contributed by atoms with Gasteiger partial charge in [0.15, 0.2) is 0 Å². The molecule has 1 aromatic rings.